The summed E-state index contributed by atoms with van der Waals surface area (Å²) < 4.78 is 43.4. The summed E-state index contributed by atoms with van der Waals surface area (Å²) in [6.45, 7) is 9.18. The Morgan fingerprint density at radius 1 is 0.740 bits per heavy atom. The number of carbonyl (C=O) groups is 6. The number of nitrogens with zero attached hydrogens (tertiary/aromatic N) is 1. The van der Waals surface area contributed by atoms with Gasteiger partial charge in [0.05, 0.1) is 22.6 Å². The lowest BCUT2D eigenvalue weighted by Gasteiger charge is -2.64. The molecule has 14 heteroatoms. The van der Waals surface area contributed by atoms with Crippen LogP contribution < -0.4 is 0 Å². The Balaban J connectivity index is 1.87. The van der Waals surface area contributed by atoms with E-state index in [2.05, 4.69) is 4.98 Å². The molecule has 1 aliphatic heterocycles. The van der Waals surface area contributed by atoms with Gasteiger partial charge in [-0.3, -0.25) is 24.2 Å². The summed E-state index contributed by atoms with van der Waals surface area (Å²) in [6.07, 6.45) is -4.42. The van der Waals surface area contributed by atoms with Crippen LogP contribution in [0.25, 0.3) is 0 Å². The van der Waals surface area contributed by atoms with Gasteiger partial charge in [-0.2, -0.15) is 0 Å². The van der Waals surface area contributed by atoms with Crippen LogP contribution in [0.2, 0.25) is 0 Å². The molecule has 2 saturated carbocycles. The van der Waals surface area contributed by atoms with Crippen molar-refractivity contribution in [1.29, 1.82) is 0 Å². The van der Waals surface area contributed by atoms with Crippen molar-refractivity contribution in [3.05, 3.63) is 66.0 Å². The van der Waals surface area contributed by atoms with Crippen molar-refractivity contribution in [2.75, 3.05) is 6.61 Å². The number of carbonyl (C=O) groups excluding carboxylic acids is 6. The summed E-state index contributed by atoms with van der Waals surface area (Å²) in [5.41, 5.74) is -4.93. The third kappa shape index (κ3) is 6.32. The summed E-state index contributed by atoms with van der Waals surface area (Å²) in [6, 6.07) is 11.0. The highest BCUT2D eigenvalue weighted by atomic mass is 16.6. The molecule has 5 rings (SSSR count). The number of pyridine rings is 1. The Morgan fingerprint density at radius 2 is 1.34 bits per heavy atom. The van der Waals surface area contributed by atoms with E-state index in [9.17, 15) is 28.8 Å². The maximum Gasteiger partial charge on any atom is 0.340 e. The van der Waals surface area contributed by atoms with Crippen molar-refractivity contribution >= 4 is 35.8 Å². The lowest BCUT2D eigenvalue weighted by molar-refractivity contribution is -0.327. The van der Waals surface area contributed by atoms with Crippen molar-refractivity contribution in [3.63, 3.8) is 0 Å². The van der Waals surface area contributed by atoms with Gasteiger partial charge >= 0.3 is 35.8 Å². The third-order valence-electron chi connectivity index (χ3n) is 9.84. The number of esters is 6. The quantitative estimate of drug-likeness (QED) is 0.275. The molecule has 2 aromatic rings. The lowest BCUT2D eigenvalue weighted by Crippen LogP contribution is -2.81. The van der Waals surface area contributed by atoms with Crippen molar-refractivity contribution in [1.82, 2.24) is 4.98 Å². The first-order valence-electron chi connectivity index (χ1n) is 16.3. The maximum absolute atomic E-state index is 14.0. The smallest absolute Gasteiger partial charge is 0.340 e. The molecule has 9 atom stereocenters. The number of aromatic nitrogens is 1. The molecule has 1 spiro atoms. The largest absolute Gasteiger partial charge is 0.465 e. The SMILES string of the molecule is CC(=O)OC[C@]12[C@@H](OC(=O)c3ccccc3)[C@H](OC(C)=O)[C@@H]3[C@@H](OC(C)=O)[C@]1(OC3(C)C)[C@H](C)C[C@H](OC(C)=O)[C@@H]2OC(=O)c1cccnc1. The van der Waals surface area contributed by atoms with Gasteiger partial charge in [-0.05, 0) is 50.5 Å². The molecule has 3 aliphatic rings. The molecule has 1 aromatic heterocycles. The zero-order valence-electron chi connectivity index (χ0n) is 28.9. The van der Waals surface area contributed by atoms with Gasteiger partial charge in [0.1, 0.15) is 35.9 Å². The zero-order valence-corrected chi connectivity index (χ0v) is 28.9. The molecule has 0 N–H and O–H groups in total. The van der Waals surface area contributed by atoms with Crippen molar-refractivity contribution in [3.8, 4) is 0 Å². The Kier molecular flexibility index (Phi) is 10.1. The van der Waals surface area contributed by atoms with Gasteiger partial charge in [0.2, 0.25) is 0 Å². The molecule has 1 saturated heterocycles. The second-order valence-corrected chi connectivity index (χ2v) is 13.5. The van der Waals surface area contributed by atoms with Crippen molar-refractivity contribution < 1.29 is 61.9 Å². The van der Waals surface area contributed by atoms with E-state index in [1.54, 1.807) is 39.0 Å². The van der Waals surface area contributed by atoms with E-state index in [0.717, 1.165) is 13.8 Å². The normalized spacial score (nSPS) is 32.0. The second-order valence-electron chi connectivity index (χ2n) is 13.5. The number of benzene rings is 1. The molecule has 0 amide bonds. The molecule has 2 aliphatic carbocycles. The predicted octanol–water partition coefficient (Wildman–Crippen LogP) is 3.39. The Bertz CT molecular complexity index is 1650. The monoisotopic (exact) mass is 695 g/mol. The fraction of sp³-hybridized carbons (Fsp3) is 0.528. The van der Waals surface area contributed by atoms with E-state index in [-0.39, 0.29) is 17.5 Å². The third-order valence-corrected chi connectivity index (χ3v) is 9.84. The van der Waals surface area contributed by atoms with E-state index in [1.165, 1.54) is 50.5 Å². The van der Waals surface area contributed by atoms with Crippen LogP contribution in [0.5, 0.6) is 0 Å². The van der Waals surface area contributed by atoms with E-state index in [0.29, 0.717) is 0 Å². The van der Waals surface area contributed by atoms with Crippen LogP contribution in [-0.2, 0) is 52.3 Å². The van der Waals surface area contributed by atoms with Gasteiger partial charge in [0.25, 0.3) is 0 Å². The number of fused-ring (bicyclic) bond motifs is 1. The van der Waals surface area contributed by atoms with Crippen LogP contribution in [0.3, 0.4) is 0 Å². The molecule has 2 heterocycles. The van der Waals surface area contributed by atoms with Crippen LogP contribution in [0.4, 0.5) is 0 Å². The summed E-state index contributed by atoms with van der Waals surface area (Å²) in [7, 11) is 0. The molecule has 0 unspecified atom stereocenters. The number of ether oxygens (including phenoxy) is 7. The summed E-state index contributed by atoms with van der Waals surface area (Å²) in [5.74, 6) is -6.43. The fourth-order valence-corrected chi connectivity index (χ4v) is 8.29. The summed E-state index contributed by atoms with van der Waals surface area (Å²) in [4.78, 5) is 83.2. The lowest BCUT2D eigenvalue weighted by atomic mass is 9.47. The first-order chi connectivity index (χ1) is 23.5. The van der Waals surface area contributed by atoms with E-state index in [4.69, 9.17) is 33.2 Å². The summed E-state index contributed by atoms with van der Waals surface area (Å²) >= 11 is 0. The average Bonchev–Trinajstić information content (AvgIpc) is 3.24. The number of hydrogen-bond donors (Lipinski definition) is 0. The highest BCUT2D eigenvalue weighted by molar-refractivity contribution is 5.90. The molecule has 14 nitrogen and oxygen atoms in total. The van der Waals surface area contributed by atoms with Crippen molar-refractivity contribution in [2.45, 2.75) is 96.6 Å². The highest BCUT2D eigenvalue weighted by Gasteiger charge is 2.85. The van der Waals surface area contributed by atoms with Crippen LogP contribution >= 0.6 is 0 Å². The van der Waals surface area contributed by atoms with E-state index >= 15 is 0 Å². The number of rotatable bonds is 9. The molecular weight excluding hydrogens is 654 g/mol. The molecule has 268 valence electrons. The first kappa shape index (κ1) is 36.4. The average molecular weight is 696 g/mol. The van der Waals surface area contributed by atoms with E-state index in [1.807, 2.05) is 0 Å². The predicted molar refractivity (Wildman–Crippen MR) is 170 cm³/mol. The molecule has 3 fully saturated rings. The minimum absolute atomic E-state index is 0.00450. The Morgan fingerprint density at radius 3 is 1.92 bits per heavy atom. The van der Waals surface area contributed by atoms with Gasteiger partial charge in [0.15, 0.2) is 12.2 Å². The topological polar surface area (TPSA) is 180 Å². The minimum atomic E-state index is -2.05. The zero-order chi connectivity index (χ0) is 36.6. The van der Waals surface area contributed by atoms with Crippen LogP contribution in [0.15, 0.2) is 54.9 Å². The Labute approximate surface area is 289 Å². The van der Waals surface area contributed by atoms with Gasteiger partial charge in [-0.1, -0.05) is 25.1 Å². The number of hydrogen-bond acceptors (Lipinski definition) is 14. The van der Waals surface area contributed by atoms with Gasteiger partial charge in [0, 0.05) is 40.1 Å². The summed E-state index contributed by atoms with van der Waals surface area (Å²) in [5, 5.41) is 0. The van der Waals surface area contributed by atoms with Crippen LogP contribution in [0.1, 0.15) is 75.6 Å². The highest BCUT2D eigenvalue weighted by Crippen LogP contribution is 2.68. The van der Waals surface area contributed by atoms with Gasteiger partial charge in [-0.25, -0.2) is 9.59 Å². The fourth-order valence-electron chi connectivity index (χ4n) is 8.29. The van der Waals surface area contributed by atoms with E-state index < -0.39 is 101 Å². The van der Waals surface area contributed by atoms with Crippen LogP contribution in [-0.4, -0.2) is 89.1 Å². The standard InChI is InChI=1S/C36H41NO13/c1-19-16-26(45-21(3)39)29(48-33(43)25-14-11-15-37-17-25)35(18-44-20(2)38)31(49-32(42)24-12-9-8-10-13-24)28(46-22(4)40)27-30(47-23(5)41)36(19,35)50-34(27,6)7/h8-15,17,19,26-31H,16,18H2,1-7H3/t19-,26+,27-,28-,29+,30-,31+,35+,36-/m1/s1. The van der Waals surface area contributed by atoms with Gasteiger partial charge < -0.3 is 33.2 Å². The molecular formula is C36H41NO13. The molecule has 50 heavy (non-hydrogen) atoms. The first-order valence-corrected chi connectivity index (χ1v) is 16.3. The minimum Gasteiger partial charge on any atom is -0.465 e. The maximum atomic E-state index is 14.0. The Hall–Kier alpha value is -4.85. The molecule has 2 bridgehead atoms. The van der Waals surface area contributed by atoms with Crippen LogP contribution in [0, 0.1) is 17.3 Å². The second kappa shape index (κ2) is 13.8. The van der Waals surface area contributed by atoms with Gasteiger partial charge in [-0.15, -0.1) is 0 Å². The van der Waals surface area contributed by atoms with Crippen molar-refractivity contribution in [2.24, 2.45) is 17.3 Å². The molecule has 0 radical (unpaired) electrons. The molecule has 1 aromatic carbocycles.